The minimum absolute atomic E-state index is 0.427. The van der Waals surface area contributed by atoms with Crippen LogP contribution in [0, 0.1) is 0 Å². The Morgan fingerprint density at radius 2 is 2.25 bits per heavy atom. The lowest BCUT2D eigenvalue weighted by atomic mass is 10.1. The van der Waals surface area contributed by atoms with Crippen LogP contribution in [0.3, 0.4) is 0 Å². The Morgan fingerprint density at radius 3 is 3.00 bits per heavy atom. The minimum Gasteiger partial charge on any atom is -0.374 e. The van der Waals surface area contributed by atoms with Crippen LogP contribution in [0.2, 0.25) is 0 Å². The first-order valence-electron chi connectivity index (χ1n) is 5.90. The summed E-state index contributed by atoms with van der Waals surface area (Å²) in [5, 5.41) is 3.20. The Hall–Kier alpha value is -1.28. The molecule has 0 spiro atoms. The second-order valence-corrected chi connectivity index (χ2v) is 4.50. The monoisotopic (exact) mass is 216 g/mol. The summed E-state index contributed by atoms with van der Waals surface area (Å²) in [6, 6.07) is 7.15. The summed E-state index contributed by atoms with van der Waals surface area (Å²) in [5.41, 5.74) is 4.16. The SMILES string of the molecule is CNC(C)/C=C/c1ccc2c(c1)CCN2C. The van der Waals surface area contributed by atoms with Crippen molar-refractivity contribution in [3.05, 3.63) is 35.4 Å². The van der Waals surface area contributed by atoms with Crippen LogP contribution in [0.25, 0.3) is 6.08 Å². The zero-order valence-corrected chi connectivity index (χ0v) is 10.3. The largest absolute Gasteiger partial charge is 0.374 e. The van der Waals surface area contributed by atoms with Gasteiger partial charge in [-0.25, -0.2) is 0 Å². The third-order valence-corrected chi connectivity index (χ3v) is 3.26. The standard InChI is InChI=1S/C14H20N2/c1-11(15-2)4-5-12-6-7-14-13(10-12)8-9-16(14)3/h4-7,10-11,15H,8-9H2,1-3H3/b5-4+. The lowest BCUT2D eigenvalue weighted by molar-refractivity contribution is 0.731. The van der Waals surface area contributed by atoms with Crippen molar-refractivity contribution in [3.8, 4) is 0 Å². The molecule has 0 saturated carbocycles. The van der Waals surface area contributed by atoms with Crippen LogP contribution in [0.4, 0.5) is 5.69 Å². The van der Waals surface area contributed by atoms with Gasteiger partial charge < -0.3 is 10.2 Å². The van der Waals surface area contributed by atoms with Crippen LogP contribution in [-0.4, -0.2) is 26.7 Å². The van der Waals surface area contributed by atoms with E-state index in [9.17, 15) is 0 Å². The highest BCUT2D eigenvalue weighted by atomic mass is 15.1. The molecule has 0 saturated heterocycles. The molecule has 0 amide bonds. The molecule has 1 N–H and O–H groups in total. The predicted octanol–water partition coefficient (Wildman–Crippen LogP) is 2.30. The molecule has 2 nitrogen and oxygen atoms in total. The van der Waals surface area contributed by atoms with Crippen LogP contribution < -0.4 is 10.2 Å². The molecule has 16 heavy (non-hydrogen) atoms. The molecule has 1 aliphatic rings. The van der Waals surface area contributed by atoms with Gasteiger partial charge >= 0.3 is 0 Å². The van der Waals surface area contributed by atoms with Gasteiger partial charge in [-0.15, -0.1) is 0 Å². The average molecular weight is 216 g/mol. The van der Waals surface area contributed by atoms with E-state index >= 15 is 0 Å². The second-order valence-electron chi connectivity index (χ2n) is 4.50. The summed E-state index contributed by atoms with van der Waals surface area (Å²) in [5.74, 6) is 0. The van der Waals surface area contributed by atoms with Crippen LogP contribution >= 0.6 is 0 Å². The average Bonchev–Trinajstić information content (AvgIpc) is 2.67. The molecule has 86 valence electrons. The number of hydrogen-bond acceptors (Lipinski definition) is 2. The summed E-state index contributed by atoms with van der Waals surface area (Å²) >= 11 is 0. The normalized spacial score (nSPS) is 16.8. The van der Waals surface area contributed by atoms with E-state index in [1.165, 1.54) is 23.2 Å². The van der Waals surface area contributed by atoms with Gasteiger partial charge in [-0.2, -0.15) is 0 Å². The van der Waals surface area contributed by atoms with E-state index < -0.39 is 0 Å². The molecule has 1 heterocycles. The van der Waals surface area contributed by atoms with Crippen molar-refractivity contribution in [1.29, 1.82) is 0 Å². The fourth-order valence-electron chi connectivity index (χ4n) is 2.04. The molecule has 1 aromatic carbocycles. The molecule has 1 aliphatic heterocycles. The van der Waals surface area contributed by atoms with Gasteiger partial charge in [0.1, 0.15) is 0 Å². The Kier molecular flexibility index (Phi) is 3.30. The van der Waals surface area contributed by atoms with Gasteiger partial charge in [-0.1, -0.05) is 18.2 Å². The highest BCUT2D eigenvalue weighted by Gasteiger charge is 2.14. The molecule has 2 heteroatoms. The molecule has 1 atom stereocenters. The summed E-state index contributed by atoms with van der Waals surface area (Å²) < 4.78 is 0. The molecule has 0 radical (unpaired) electrons. The third-order valence-electron chi connectivity index (χ3n) is 3.26. The van der Waals surface area contributed by atoms with Gasteiger partial charge in [-0.3, -0.25) is 0 Å². The van der Waals surface area contributed by atoms with Crippen molar-refractivity contribution >= 4 is 11.8 Å². The molecular weight excluding hydrogens is 196 g/mol. The number of benzene rings is 1. The molecule has 2 rings (SSSR count). The number of nitrogens with zero attached hydrogens (tertiary/aromatic N) is 1. The smallest absolute Gasteiger partial charge is 0.0397 e. The van der Waals surface area contributed by atoms with E-state index in [4.69, 9.17) is 0 Å². The maximum atomic E-state index is 3.20. The van der Waals surface area contributed by atoms with Crippen LogP contribution in [0.15, 0.2) is 24.3 Å². The molecule has 0 fully saturated rings. The Labute approximate surface area is 98.0 Å². The molecule has 1 aromatic rings. The fourth-order valence-corrected chi connectivity index (χ4v) is 2.04. The number of fused-ring (bicyclic) bond motifs is 1. The number of nitrogens with one attached hydrogen (secondary N) is 1. The summed E-state index contributed by atoms with van der Waals surface area (Å²) in [4.78, 5) is 2.32. The van der Waals surface area contributed by atoms with Gasteiger partial charge in [0.25, 0.3) is 0 Å². The topological polar surface area (TPSA) is 15.3 Å². The fraction of sp³-hybridized carbons (Fsp3) is 0.429. The van der Waals surface area contributed by atoms with Gasteiger partial charge in [0.05, 0.1) is 0 Å². The van der Waals surface area contributed by atoms with Crippen molar-refractivity contribution < 1.29 is 0 Å². The third kappa shape index (κ3) is 2.27. The van der Waals surface area contributed by atoms with Gasteiger partial charge in [0.2, 0.25) is 0 Å². The van der Waals surface area contributed by atoms with E-state index in [1.54, 1.807) is 0 Å². The van der Waals surface area contributed by atoms with Crippen molar-refractivity contribution in [1.82, 2.24) is 5.32 Å². The Balaban J connectivity index is 2.16. The van der Waals surface area contributed by atoms with E-state index in [-0.39, 0.29) is 0 Å². The maximum absolute atomic E-state index is 3.20. The van der Waals surface area contributed by atoms with E-state index in [2.05, 4.69) is 54.5 Å². The molecule has 0 aliphatic carbocycles. The van der Waals surface area contributed by atoms with Gasteiger partial charge in [0.15, 0.2) is 0 Å². The molecule has 1 unspecified atom stereocenters. The zero-order valence-electron chi connectivity index (χ0n) is 10.3. The lowest BCUT2D eigenvalue weighted by Crippen LogP contribution is -2.17. The van der Waals surface area contributed by atoms with Crippen LogP contribution in [0.1, 0.15) is 18.1 Å². The second kappa shape index (κ2) is 4.71. The van der Waals surface area contributed by atoms with Crippen LogP contribution in [0.5, 0.6) is 0 Å². The summed E-state index contributed by atoms with van der Waals surface area (Å²) in [7, 11) is 4.14. The minimum atomic E-state index is 0.427. The van der Waals surface area contributed by atoms with Crippen molar-refractivity contribution in [2.75, 3.05) is 25.5 Å². The first-order chi connectivity index (χ1) is 7.70. The summed E-state index contributed by atoms with van der Waals surface area (Å²) in [6.07, 6.45) is 5.56. The number of rotatable bonds is 3. The first-order valence-corrected chi connectivity index (χ1v) is 5.90. The van der Waals surface area contributed by atoms with Gasteiger partial charge in [-0.05, 0) is 43.7 Å². The van der Waals surface area contributed by atoms with E-state index in [0.717, 1.165) is 6.54 Å². The van der Waals surface area contributed by atoms with Crippen molar-refractivity contribution in [2.45, 2.75) is 19.4 Å². The molecular formula is C14H20N2. The van der Waals surface area contributed by atoms with Crippen LogP contribution in [-0.2, 0) is 6.42 Å². The number of hydrogen-bond donors (Lipinski definition) is 1. The molecule has 0 aromatic heterocycles. The Bertz CT molecular complexity index is 396. The Morgan fingerprint density at radius 1 is 1.44 bits per heavy atom. The molecule has 0 bridgehead atoms. The predicted molar refractivity (Wildman–Crippen MR) is 71.0 cm³/mol. The first kappa shape index (κ1) is 11.2. The van der Waals surface area contributed by atoms with Gasteiger partial charge in [0, 0.05) is 25.3 Å². The summed E-state index contributed by atoms with van der Waals surface area (Å²) in [6.45, 7) is 3.30. The number of likely N-dealkylation sites (N-methyl/N-ethyl adjacent to an activating group) is 2. The maximum Gasteiger partial charge on any atom is 0.0397 e. The van der Waals surface area contributed by atoms with Crippen molar-refractivity contribution in [2.24, 2.45) is 0 Å². The quantitative estimate of drug-likeness (QED) is 0.834. The van der Waals surface area contributed by atoms with E-state index in [0.29, 0.717) is 6.04 Å². The highest BCUT2D eigenvalue weighted by molar-refractivity contribution is 5.63. The van der Waals surface area contributed by atoms with E-state index in [1.807, 2.05) is 7.05 Å². The lowest BCUT2D eigenvalue weighted by Gasteiger charge is -2.11. The zero-order chi connectivity index (χ0) is 11.5. The van der Waals surface area contributed by atoms with Crippen molar-refractivity contribution in [3.63, 3.8) is 0 Å². The number of anilines is 1. The highest BCUT2D eigenvalue weighted by Crippen LogP contribution is 2.27.